The number of unbranched alkanes of at least 4 members (excludes halogenated alkanes) is 1. The Labute approximate surface area is 290 Å². The number of esters is 1. The van der Waals surface area contributed by atoms with Gasteiger partial charge in [0.1, 0.15) is 23.4 Å². The molecule has 1 saturated heterocycles. The van der Waals surface area contributed by atoms with E-state index in [1.54, 1.807) is 20.8 Å². The maximum Gasteiger partial charge on any atom is 0.407 e. The summed E-state index contributed by atoms with van der Waals surface area (Å²) in [4.78, 5) is 58.3. The third-order valence-corrected chi connectivity index (χ3v) is 6.44. The standard InChI is InChI=1S/C20H29NO6.C15H29N3O4/c1-20(2,3)27-19(25)21-12-8-7-11-16(18(23)24)13-17(22)26-14-15-9-5-4-6-10-15;1-14(2,3)21-12(19)17-10-7-11(9-16-8-10)18-13(20)22-15(4,5)6/h4-6,9-10,16H,7-8,11-14H2,1-3H3,(H,21,25)(H,23,24);10-11,16H,7-9H2,1-6H3,(H,17,19)(H,18,20)/t16-;10-,11+/m1./s1. The zero-order valence-electron chi connectivity index (χ0n) is 30.6. The van der Waals surface area contributed by atoms with Gasteiger partial charge in [-0.3, -0.25) is 9.59 Å². The van der Waals surface area contributed by atoms with E-state index in [1.807, 2.05) is 71.9 Å². The second-order valence-electron chi connectivity index (χ2n) is 14.9. The Bertz CT molecular complexity index is 1150. The molecule has 0 spiro atoms. The largest absolute Gasteiger partial charge is 0.481 e. The fourth-order valence-electron chi connectivity index (χ4n) is 4.44. The maximum atomic E-state index is 11.9. The SMILES string of the molecule is CC(C)(C)OC(=O)NCCCC[C@H](CC(=O)OCc1ccccc1)C(=O)O.CC(C)(C)OC(=O)N[C@@H]1CNC[C@H](NC(=O)OC(C)(C)C)C1. The van der Waals surface area contributed by atoms with Crippen LogP contribution in [0.2, 0.25) is 0 Å². The number of carbonyl (C=O) groups excluding carboxylic acids is 4. The van der Waals surface area contributed by atoms with E-state index in [4.69, 9.17) is 18.9 Å². The van der Waals surface area contributed by atoms with E-state index in [-0.39, 0.29) is 25.1 Å². The molecular weight excluding hydrogens is 636 g/mol. The quantitative estimate of drug-likeness (QED) is 0.109. The molecule has 0 bridgehead atoms. The average molecular weight is 695 g/mol. The van der Waals surface area contributed by atoms with Crippen molar-refractivity contribution in [3.05, 3.63) is 35.9 Å². The van der Waals surface area contributed by atoms with E-state index in [2.05, 4.69) is 21.3 Å². The van der Waals surface area contributed by atoms with Crippen molar-refractivity contribution in [2.75, 3.05) is 19.6 Å². The molecule has 3 amide bonds. The molecule has 0 unspecified atom stereocenters. The van der Waals surface area contributed by atoms with Crippen molar-refractivity contribution in [2.24, 2.45) is 5.92 Å². The summed E-state index contributed by atoms with van der Waals surface area (Å²) in [6.07, 6.45) is 0.580. The molecule has 5 N–H and O–H groups in total. The van der Waals surface area contributed by atoms with E-state index >= 15 is 0 Å². The molecule has 1 aliphatic rings. The van der Waals surface area contributed by atoms with E-state index in [9.17, 15) is 29.1 Å². The summed E-state index contributed by atoms with van der Waals surface area (Å²) in [6, 6.07) is 9.03. The van der Waals surface area contributed by atoms with Gasteiger partial charge < -0.3 is 45.3 Å². The Hall–Kier alpha value is -4.07. The summed E-state index contributed by atoms with van der Waals surface area (Å²) in [7, 11) is 0. The van der Waals surface area contributed by atoms with Gasteiger partial charge in [0.15, 0.2) is 0 Å². The van der Waals surface area contributed by atoms with Crippen LogP contribution < -0.4 is 21.3 Å². The smallest absolute Gasteiger partial charge is 0.407 e. The van der Waals surface area contributed by atoms with Crippen LogP contribution in [0.25, 0.3) is 0 Å². The number of alkyl carbamates (subject to hydrolysis) is 3. The predicted molar refractivity (Wildman–Crippen MR) is 184 cm³/mol. The lowest BCUT2D eigenvalue weighted by atomic mass is 9.98. The van der Waals surface area contributed by atoms with Crippen molar-refractivity contribution < 1.29 is 48.0 Å². The van der Waals surface area contributed by atoms with Crippen LogP contribution in [0.5, 0.6) is 0 Å². The second kappa shape index (κ2) is 20.4. The van der Waals surface area contributed by atoms with Gasteiger partial charge in [0.25, 0.3) is 0 Å². The molecule has 0 radical (unpaired) electrons. The molecule has 0 aromatic heterocycles. The predicted octanol–water partition coefficient (Wildman–Crippen LogP) is 5.28. The number of rotatable bonds is 12. The van der Waals surface area contributed by atoms with E-state index in [0.29, 0.717) is 45.3 Å². The number of hydrogen-bond acceptors (Lipinski definition) is 10. The Morgan fingerprint density at radius 2 is 1.27 bits per heavy atom. The molecule has 1 aromatic carbocycles. The molecule has 0 aliphatic carbocycles. The molecule has 3 atom stereocenters. The second-order valence-corrected chi connectivity index (χ2v) is 14.9. The molecule has 278 valence electrons. The van der Waals surface area contributed by atoms with Crippen LogP contribution in [0.1, 0.15) is 100.0 Å². The maximum absolute atomic E-state index is 11.9. The number of benzene rings is 1. The Kier molecular flexibility index (Phi) is 17.9. The molecular formula is C35H58N4O10. The lowest BCUT2D eigenvalue weighted by molar-refractivity contribution is -0.152. The Morgan fingerprint density at radius 3 is 1.73 bits per heavy atom. The van der Waals surface area contributed by atoms with Crippen molar-refractivity contribution in [3.8, 4) is 0 Å². The zero-order chi connectivity index (χ0) is 37.3. The van der Waals surface area contributed by atoms with Crippen molar-refractivity contribution in [2.45, 2.75) is 130 Å². The zero-order valence-corrected chi connectivity index (χ0v) is 30.6. The van der Waals surface area contributed by atoms with Gasteiger partial charge in [-0.1, -0.05) is 36.8 Å². The third-order valence-electron chi connectivity index (χ3n) is 6.44. The van der Waals surface area contributed by atoms with E-state index < -0.39 is 52.9 Å². The number of hydrogen-bond donors (Lipinski definition) is 5. The highest BCUT2D eigenvalue weighted by Gasteiger charge is 2.28. The monoisotopic (exact) mass is 694 g/mol. The first-order valence-corrected chi connectivity index (χ1v) is 16.7. The van der Waals surface area contributed by atoms with Crippen LogP contribution in [0, 0.1) is 5.92 Å². The van der Waals surface area contributed by atoms with Crippen LogP contribution >= 0.6 is 0 Å². The topological polar surface area (TPSA) is 191 Å². The highest BCUT2D eigenvalue weighted by atomic mass is 16.6. The minimum atomic E-state index is -1.02. The molecule has 14 nitrogen and oxygen atoms in total. The van der Waals surface area contributed by atoms with Crippen LogP contribution in [0.15, 0.2) is 30.3 Å². The first-order valence-electron chi connectivity index (χ1n) is 16.7. The Balaban J connectivity index is 0.000000500. The minimum Gasteiger partial charge on any atom is -0.481 e. The van der Waals surface area contributed by atoms with Crippen molar-refractivity contribution in [1.29, 1.82) is 0 Å². The van der Waals surface area contributed by atoms with Gasteiger partial charge in [0, 0.05) is 31.7 Å². The lowest BCUT2D eigenvalue weighted by Gasteiger charge is -2.32. The van der Waals surface area contributed by atoms with Gasteiger partial charge in [-0.2, -0.15) is 0 Å². The van der Waals surface area contributed by atoms with Crippen LogP contribution in [-0.2, 0) is 35.1 Å². The molecule has 1 aromatic rings. The molecule has 1 aliphatic heterocycles. The number of carboxylic acids is 1. The van der Waals surface area contributed by atoms with Gasteiger partial charge in [-0.05, 0) is 87.1 Å². The fraction of sp³-hybridized carbons (Fsp3) is 0.686. The van der Waals surface area contributed by atoms with E-state index in [1.165, 1.54) is 0 Å². The van der Waals surface area contributed by atoms with Crippen molar-refractivity contribution >= 4 is 30.2 Å². The summed E-state index contributed by atoms with van der Waals surface area (Å²) < 4.78 is 20.7. The third kappa shape index (κ3) is 23.0. The summed E-state index contributed by atoms with van der Waals surface area (Å²) in [5.41, 5.74) is -0.759. The number of carboxylic acid groups (broad SMARTS) is 1. The van der Waals surface area contributed by atoms with Crippen LogP contribution in [0.3, 0.4) is 0 Å². The van der Waals surface area contributed by atoms with Gasteiger partial charge in [-0.25, -0.2) is 14.4 Å². The van der Waals surface area contributed by atoms with Gasteiger partial charge in [0.05, 0.1) is 12.3 Å². The average Bonchev–Trinajstić information content (AvgIpc) is 2.93. The van der Waals surface area contributed by atoms with Crippen LogP contribution in [-0.4, -0.2) is 83.8 Å². The minimum absolute atomic E-state index is 0.0939. The molecule has 1 fully saturated rings. The number of aliphatic carboxylic acids is 1. The summed E-state index contributed by atoms with van der Waals surface area (Å²) in [5.74, 6) is -2.35. The van der Waals surface area contributed by atoms with Gasteiger partial charge in [0.2, 0.25) is 0 Å². The highest BCUT2D eigenvalue weighted by Crippen LogP contribution is 2.16. The normalized spacial score (nSPS) is 16.8. The summed E-state index contributed by atoms with van der Waals surface area (Å²) in [5, 5.41) is 20.7. The summed E-state index contributed by atoms with van der Waals surface area (Å²) >= 11 is 0. The number of nitrogens with one attached hydrogen (secondary N) is 4. The Morgan fingerprint density at radius 1 is 0.776 bits per heavy atom. The molecule has 0 saturated carbocycles. The van der Waals surface area contributed by atoms with E-state index in [0.717, 1.165) is 5.56 Å². The van der Waals surface area contributed by atoms with Crippen molar-refractivity contribution in [3.63, 3.8) is 0 Å². The lowest BCUT2D eigenvalue weighted by Crippen LogP contribution is -2.56. The summed E-state index contributed by atoms with van der Waals surface area (Å²) in [6.45, 7) is 18.1. The molecule has 49 heavy (non-hydrogen) atoms. The molecule has 14 heteroatoms. The number of carbonyl (C=O) groups is 5. The number of ether oxygens (including phenoxy) is 4. The van der Waals surface area contributed by atoms with Gasteiger partial charge in [-0.15, -0.1) is 0 Å². The highest BCUT2D eigenvalue weighted by molar-refractivity contribution is 5.78. The molecule has 2 rings (SSSR count). The number of amides is 3. The molecule has 1 heterocycles. The number of piperidine rings is 1. The first-order chi connectivity index (χ1) is 22.6. The first kappa shape index (κ1) is 43.0. The van der Waals surface area contributed by atoms with Crippen molar-refractivity contribution in [1.82, 2.24) is 21.3 Å². The fourth-order valence-corrected chi connectivity index (χ4v) is 4.44. The van der Waals surface area contributed by atoms with Crippen LogP contribution in [0.4, 0.5) is 14.4 Å². The van der Waals surface area contributed by atoms with Gasteiger partial charge >= 0.3 is 30.2 Å².